The molecule has 3 aromatic rings. The summed E-state index contributed by atoms with van der Waals surface area (Å²) in [6.07, 6.45) is 0. The van der Waals surface area contributed by atoms with Gasteiger partial charge in [0.2, 0.25) is 0 Å². The first-order chi connectivity index (χ1) is 15.2. The lowest BCUT2D eigenvalue weighted by atomic mass is 10.0. The van der Waals surface area contributed by atoms with Gasteiger partial charge in [0, 0.05) is 56.3 Å². The van der Waals surface area contributed by atoms with Crippen LogP contribution in [0.15, 0.2) is 60.0 Å². The predicted molar refractivity (Wildman–Crippen MR) is 119 cm³/mol. The fourth-order valence-corrected chi connectivity index (χ4v) is 4.61. The van der Waals surface area contributed by atoms with E-state index in [1.54, 1.807) is 5.38 Å². The fraction of sp³-hybridized carbons (Fsp3) is 0.304. The normalized spacial score (nSPS) is 17.4. The zero-order chi connectivity index (χ0) is 21.2. The van der Waals surface area contributed by atoms with E-state index in [0.717, 1.165) is 29.8 Å². The highest BCUT2D eigenvalue weighted by atomic mass is 32.1. The minimum absolute atomic E-state index is 0.0437. The number of carbonyl (C=O) groups is 2. The van der Waals surface area contributed by atoms with E-state index in [1.807, 2.05) is 52.3 Å². The second-order valence-corrected chi connectivity index (χ2v) is 8.54. The molecule has 2 aliphatic rings. The van der Waals surface area contributed by atoms with Crippen LogP contribution in [0.4, 0.5) is 0 Å². The summed E-state index contributed by atoms with van der Waals surface area (Å²) in [6.45, 7) is 4.51. The van der Waals surface area contributed by atoms with Crippen LogP contribution in [0.2, 0.25) is 0 Å². The van der Waals surface area contributed by atoms with Crippen LogP contribution in [0.1, 0.15) is 20.8 Å². The van der Waals surface area contributed by atoms with Crippen LogP contribution in [0.3, 0.4) is 0 Å². The molecule has 31 heavy (non-hydrogen) atoms. The van der Waals surface area contributed by atoms with E-state index < -0.39 is 0 Å². The van der Waals surface area contributed by atoms with Crippen molar-refractivity contribution in [1.82, 2.24) is 24.3 Å². The highest BCUT2D eigenvalue weighted by molar-refractivity contribution is 7.03. The Morgan fingerprint density at radius 2 is 1.48 bits per heavy atom. The van der Waals surface area contributed by atoms with Crippen LogP contribution in [0, 0.1) is 0 Å². The van der Waals surface area contributed by atoms with Crippen molar-refractivity contribution >= 4 is 23.3 Å². The van der Waals surface area contributed by atoms with Gasteiger partial charge in [-0.2, -0.15) is 0 Å². The van der Waals surface area contributed by atoms with Crippen LogP contribution in [-0.4, -0.2) is 81.4 Å². The third kappa shape index (κ3) is 4.08. The summed E-state index contributed by atoms with van der Waals surface area (Å²) >= 11 is 1.19. The number of amides is 2. The second kappa shape index (κ2) is 8.56. The van der Waals surface area contributed by atoms with E-state index in [0.29, 0.717) is 37.9 Å². The first kappa shape index (κ1) is 19.8. The molecule has 0 aliphatic carbocycles. The lowest BCUT2D eigenvalue weighted by molar-refractivity contribution is 0.00823. The van der Waals surface area contributed by atoms with Gasteiger partial charge in [-0.15, -0.1) is 5.10 Å². The van der Waals surface area contributed by atoms with E-state index in [1.165, 1.54) is 11.5 Å². The lowest BCUT2D eigenvalue weighted by Gasteiger charge is -2.47. The van der Waals surface area contributed by atoms with Gasteiger partial charge in [0.25, 0.3) is 11.8 Å². The minimum atomic E-state index is -0.0437. The molecule has 2 fully saturated rings. The highest BCUT2D eigenvalue weighted by Gasteiger charge is 2.37. The summed E-state index contributed by atoms with van der Waals surface area (Å²) < 4.78 is 3.76. The number of hydrogen-bond acceptors (Lipinski definition) is 6. The molecule has 158 valence electrons. The number of carbonyl (C=O) groups excluding carboxylic acids is 2. The zero-order valence-corrected chi connectivity index (χ0v) is 17.9. The van der Waals surface area contributed by atoms with Crippen LogP contribution >= 0.6 is 11.5 Å². The van der Waals surface area contributed by atoms with Gasteiger partial charge in [0.1, 0.15) is 0 Å². The molecule has 0 saturated carbocycles. The van der Waals surface area contributed by atoms with Crippen LogP contribution in [-0.2, 0) is 0 Å². The molecule has 5 rings (SSSR count). The molecular weight excluding hydrogens is 410 g/mol. The average Bonchev–Trinajstić information content (AvgIpc) is 3.34. The Hall–Kier alpha value is -3.10. The molecule has 3 heterocycles. The molecule has 2 saturated heterocycles. The number of rotatable bonds is 4. The zero-order valence-electron chi connectivity index (χ0n) is 17.1. The van der Waals surface area contributed by atoms with E-state index in [4.69, 9.17) is 0 Å². The SMILES string of the molecule is O=C(c1ccc(-c2ccccc2)cc1)N1CCN(C2CN(C(=O)c3csnn3)C2)CC1. The molecule has 0 N–H and O–H groups in total. The second-order valence-electron chi connectivity index (χ2n) is 7.93. The molecule has 2 amide bonds. The molecule has 0 atom stereocenters. The average molecular weight is 434 g/mol. The Morgan fingerprint density at radius 3 is 2.13 bits per heavy atom. The monoisotopic (exact) mass is 433 g/mol. The number of benzene rings is 2. The van der Waals surface area contributed by atoms with E-state index in [-0.39, 0.29) is 11.8 Å². The van der Waals surface area contributed by atoms with Gasteiger partial charge in [-0.1, -0.05) is 47.0 Å². The Morgan fingerprint density at radius 1 is 0.806 bits per heavy atom. The Bertz CT molecular complexity index is 1040. The molecule has 8 heteroatoms. The van der Waals surface area contributed by atoms with Gasteiger partial charge in [0.05, 0.1) is 0 Å². The van der Waals surface area contributed by atoms with Crippen LogP contribution < -0.4 is 0 Å². The van der Waals surface area contributed by atoms with Gasteiger partial charge in [-0.3, -0.25) is 14.5 Å². The van der Waals surface area contributed by atoms with Crippen molar-refractivity contribution in [3.8, 4) is 11.1 Å². The molecule has 0 spiro atoms. The molecule has 7 nitrogen and oxygen atoms in total. The van der Waals surface area contributed by atoms with Crippen molar-refractivity contribution in [1.29, 1.82) is 0 Å². The van der Waals surface area contributed by atoms with Gasteiger partial charge in [-0.05, 0) is 34.8 Å². The van der Waals surface area contributed by atoms with Crippen molar-refractivity contribution < 1.29 is 9.59 Å². The van der Waals surface area contributed by atoms with Gasteiger partial charge < -0.3 is 9.80 Å². The summed E-state index contributed by atoms with van der Waals surface area (Å²) in [6, 6.07) is 18.4. The third-order valence-electron chi connectivity index (χ3n) is 6.09. The van der Waals surface area contributed by atoms with Crippen molar-refractivity contribution in [2.75, 3.05) is 39.3 Å². The van der Waals surface area contributed by atoms with Crippen molar-refractivity contribution in [3.05, 3.63) is 71.2 Å². The molecule has 1 aromatic heterocycles. The van der Waals surface area contributed by atoms with Crippen LogP contribution in [0.25, 0.3) is 11.1 Å². The molecule has 0 unspecified atom stereocenters. The third-order valence-corrected chi connectivity index (χ3v) is 6.59. The Kier molecular flexibility index (Phi) is 5.48. The summed E-state index contributed by atoms with van der Waals surface area (Å²) in [5, 5.41) is 5.54. The van der Waals surface area contributed by atoms with Crippen molar-refractivity contribution in [2.45, 2.75) is 6.04 Å². The largest absolute Gasteiger partial charge is 0.336 e. The summed E-state index contributed by atoms with van der Waals surface area (Å²) in [5.41, 5.74) is 3.41. The molecule has 0 bridgehead atoms. The summed E-state index contributed by atoms with van der Waals surface area (Å²) in [7, 11) is 0. The fourth-order valence-electron chi connectivity index (χ4n) is 4.18. The topological polar surface area (TPSA) is 69.6 Å². The number of aromatic nitrogens is 2. The maximum Gasteiger partial charge on any atom is 0.275 e. The van der Waals surface area contributed by atoms with Crippen molar-refractivity contribution in [2.24, 2.45) is 0 Å². The van der Waals surface area contributed by atoms with E-state index in [9.17, 15) is 9.59 Å². The lowest BCUT2D eigenvalue weighted by Crippen LogP contribution is -2.64. The maximum absolute atomic E-state index is 12.9. The first-order valence-corrected chi connectivity index (χ1v) is 11.3. The number of likely N-dealkylation sites (tertiary alicyclic amines) is 1. The number of nitrogens with zero attached hydrogens (tertiary/aromatic N) is 5. The highest BCUT2D eigenvalue weighted by Crippen LogP contribution is 2.22. The van der Waals surface area contributed by atoms with Gasteiger partial charge in [-0.25, -0.2) is 0 Å². The van der Waals surface area contributed by atoms with E-state index in [2.05, 4.69) is 26.6 Å². The molecule has 2 aromatic carbocycles. The van der Waals surface area contributed by atoms with Gasteiger partial charge >= 0.3 is 0 Å². The minimum Gasteiger partial charge on any atom is -0.336 e. The number of piperazine rings is 1. The maximum atomic E-state index is 12.9. The van der Waals surface area contributed by atoms with Gasteiger partial charge in [0.15, 0.2) is 5.69 Å². The summed E-state index contributed by atoms with van der Waals surface area (Å²) in [5.74, 6) is 0.0403. The summed E-state index contributed by atoms with van der Waals surface area (Å²) in [4.78, 5) is 31.3. The standard InChI is InChI=1S/C23H23N5O2S/c29-22(19-8-6-18(7-9-19)17-4-2-1-3-5-17)27-12-10-26(11-13-27)20-14-28(15-20)23(30)21-16-31-25-24-21/h1-9,16,20H,10-15H2. The predicted octanol–water partition coefficient (Wildman–Crippen LogP) is 2.49. The molecule has 2 aliphatic heterocycles. The Labute approximate surface area is 185 Å². The van der Waals surface area contributed by atoms with E-state index >= 15 is 0 Å². The molecular formula is C23H23N5O2S. The van der Waals surface area contributed by atoms with Crippen LogP contribution in [0.5, 0.6) is 0 Å². The molecule has 0 radical (unpaired) electrons. The van der Waals surface area contributed by atoms with Crippen molar-refractivity contribution in [3.63, 3.8) is 0 Å². The quantitative estimate of drug-likeness (QED) is 0.632. The first-order valence-electron chi connectivity index (χ1n) is 10.4. The smallest absolute Gasteiger partial charge is 0.275 e. The Balaban J connectivity index is 1.12. The number of hydrogen-bond donors (Lipinski definition) is 0.